The molecule has 0 aliphatic heterocycles. The third kappa shape index (κ3) is 4.64. The topological polar surface area (TPSA) is 74.0 Å². The van der Waals surface area contributed by atoms with Crippen molar-refractivity contribution in [2.75, 3.05) is 5.75 Å². The van der Waals surface area contributed by atoms with Gasteiger partial charge < -0.3 is 4.98 Å². The molecule has 0 aliphatic rings. The fourth-order valence-electron chi connectivity index (χ4n) is 1.62. The van der Waals surface area contributed by atoms with E-state index in [1.807, 2.05) is 25.1 Å². The molecule has 0 saturated heterocycles. The molecular formula is C14H14BrN3O2S. The summed E-state index contributed by atoms with van der Waals surface area (Å²) in [5, 5.41) is 0. The zero-order chi connectivity index (χ0) is 15.2. The number of hydrazine groups is 1. The second-order valence-electron chi connectivity index (χ2n) is 4.28. The molecule has 0 aliphatic carbocycles. The van der Waals surface area contributed by atoms with Crippen molar-refractivity contribution in [1.82, 2.24) is 15.8 Å². The second-order valence-corrected chi connectivity index (χ2v) is 6.22. The van der Waals surface area contributed by atoms with Gasteiger partial charge in [-0.05, 0) is 42.8 Å². The van der Waals surface area contributed by atoms with Gasteiger partial charge in [-0.3, -0.25) is 20.4 Å². The lowest BCUT2D eigenvalue weighted by atomic mass is 10.2. The van der Waals surface area contributed by atoms with Gasteiger partial charge in [0.25, 0.3) is 5.91 Å². The van der Waals surface area contributed by atoms with E-state index in [1.54, 1.807) is 18.3 Å². The molecule has 110 valence electrons. The first-order valence-corrected chi connectivity index (χ1v) is 7.95. The van der Waals surface area contributed by atoms with Crippen molar-refractivity contribution in [3.8, 4) is 0 Å². The Bertz CT molecular complexity index is 644. The average Bonchev–Trinajstić information content (AvgIpc) is 2.98. The lowest BCUT2D eigenvalue weighted by Gasteiger charge is -2.08. The van der Waals surface area contributed by atoms with Gasteiger partial charge in [-0.1, -0.05) is 15.9 Å². The Morgan fingerprint density at radius 1 is 1.29 bits per heavy atom. The van der Waals surface area contributed by atoms with E-state index in [0.29, 0.717) is 5.69 Å². The number of H-pyrrole nitrogens is 1. The van der Waals surface area contributed by atoms with Crippen LogP contribution in [0.1, 0.15) is 16.1 Å². The van der Waals surface area contributed by atoms with Crippen molar-refractivity contribution in [3.63, 3.8) is 0 Å². The number of nitrogens with one attached hydrogen (secondary N) is 3. The number of hydrogen-bond donors (Lipinski definition) is 3. The largest absolute Gasteiger partial charge is 0.357 e. The monoisotopic (exact) mass is 367 g/mol. The molecule has 5 nitrogen and oxygen atoms in total. The van der Waals surface area contributed by atoms with E-state index in [-0.39, 0.29) is 17.6 Å². The highest BCUT2D eigenvalue weighted by molar-refractivity contribution is 9.10. The van der Waals surface area contributed by atoms with Gasteiger partial charge in [0, 0.05) is 15.6 Å². The fourth-order valence-corrected chi connectivity index (χ4v) is 2.90. The Labute approximate surface area is 135 Å². The molecule has 21 heavy (non-hydrogen) atoms. The third-order valence-electron chi connectivity index (χ3n) is 2.65. The predicted octanol–water partition coefficient (Wildman–Crippen LogP) is 2.64. The summed E-state index contributed by atoms with van der Waals surface area (Å²) in [7, 11) is 0. The van der Waals surface area contributed by atoms with Gasteiger partial charge in [-0.15, -0.1) is 11.8 Å². The molecule has 7 heteroatoms. The van der Waals surface area contributed by atoms with E-state index in [1.165, 1.54) is 11.8 Å². The zero-order valence-corrected chi connectivity index (χ0v) is 13.7. The van der Waals surface area contributed by atoms with Crippen molar-refractivity contribution in [3.05, 3.63) is 52.3 Å². The molecule has 1 aromatic heterocycles. The molecule has 2 aromatic rings. The number of amides is 2. The normalized spacial score (nSPS) is 10.2. The average molecular weight is 368 g/mol. The quantitative estimate of drug-likeness (QED) is 0.574. The van der Waals surface area contributed by atoms with Gasteiger partial charge in [-0.2, -0.15) is 0 Å². The van der Waals surface area contributed by atoms with E-state index >= 15 is 0 Å². The molecule has 0 radical (unpaired) electrons. The Hall–Kier alpha value is -1.73. The minimum absolute atomic E-state index is 0.230. The fraction of sp³-hybridized carbons (Fsp3) is 0.143. The third-order valence-corrected chi connectivity index (χ3v) is 4.32. The molecule has 0 unspecified atom stereocenters. The predicted molar refractivity (Wildman–Crippen MR) is 86.0 cm³/mol. The van der Waals surface area contributed by atoms with Crippen molar-refractivity contribution in [2.45, 2.75) is 11.8 Å². The summed E-state index contributed by atoms with van der Waals surface area (Å²) in [4.78, 5) is 27.1. The molecule has 1 heterocycles. The number of carbonyl (C=O) groups is 2. The number of halogens is 1. The van der Waals surface area contributed by atoms with Crippen molar-refractivity contribution >= 4 is 39.5 Å². The molecule has 0 atom stereocenters. The van der Waals surface area contributed by atoms with Crippen LogP contribution in [-0.4, -0.2) is 22.6 Å². The summed E-state index contributed by atoms with van der Waals surface area (Å²) in [5.74, 6) is -0.409. The van der Waals surface area contributed by atoms with E-state index in [2.05, 4.69) is 31.8 Å². The van der Waals surface area contributed by atoms with Gasteiger partial charge in [0.05, 0.1) is 5.75 Å². The Balaban J connectivity index is 1.78. The van der Waals surface area contributed by atoms with Crippen LogP contribution in [0.15, 0.2) is 45.9 Å². The summed E-state index contributed by atoms with van der Waals surface area (Å²) >= 11 is 4.82. The maximum Gasteiger partial charge on any atom is 0.286 e. The smallest absolute Gasteiger partial charge is 0.286 e. The van der Waals surface area contributed by atoms with Crippen molar-refractivity contribution < 1.29 is 9.59 Å². The summed E-state index contributed by atoms with van der Waals surface area (Å²) in [5.41, 5.74) is 6.23. The number of carbonyl (C=O) groups excluding carboxylic acids is 2. The van der Waals surface area contributed by atoms with Crippen LogP contribution in [0.3, 0.4) is 0 Å². The standard InChI is InChI=1S/C14H14BrN3O2S/c1-9-7-10(15)4-5-12(9)21-8-13(19)17-18-14(20)11-3-2-6-16-11/h2-7,16H,8H2,1H3,(H,17,19)(H,18,20). The number of rotatable bonds is 4. The van der Waals surface area contributed by atoms with Crippen LogP contribution in [0, 0.1) is 6.92 Å². The summed E-state index contributed by atoms with van der Waals surface area (Å²) in [6.45, 7) is 1.98. The molecule has 2 rings (SSSR count). The summed E-state index contributed by atoms with van der Waals surface area (Å²) in [6.07, 6.45) is 1.64. The minimum Gasteiger partial charge on any atom is -0.357 e. The summed E-state index contributed by atoms with van der Waals surface area (Å²) < 4.78 is 1.01. The zero-order valence-electron chi connectivity index (χ0n) is 11.3. The Morgan fingerprint density at radius 2 is 2.10 bits per heavy atom. The molecule has 0 spiro atoms. The minimum atomic E-state index is -0.377. The van der Waals surface area contributed by atoms with Gasteiger partial charge in [0.1, 0.15) is 5.69 Å². The maximum absolute atomic E-state index is 11.7. The molecule has 0 bridgehead atoms. The number of benzene rings is 1. The van der Waals surface area contributed by atoms with Crippen molar-refractivity contribution in [2.24, 2.45) is 0 Å². The van der Waals surface area contributed by atoms with Gasteiger partial charge >= 0.3 is 0 Å². The number of aryl methyl sites for hydroxylation is 1. The van der Waals surface area contributed by atoms with Crippen LogP contribution in [0.4, 0.5) is 0 Å². The first-order valence-electron chi connectivity index (χ1n) is 6.18. The number of aromatic nitrogens is 1. The van der Waals surface area contributed by atoms with Crippen LogP contribution < -0.4 is 10.9 Å². The van der Waals surface area contributed by atoms with E-state index in [0.717, 1.165) is 14.9 Å². The Kier molecular flexibility index (Phi) is 5.46. The molecule has 0 fully saturated rings. The van der Waals surface area contributed by atoms with E-state index in [4.69, 9.17) is 0 Å². The number of hydrogen-bond acceptors (Lipinski definition) is 3. The molecule has 2 amide bonds. The van der Waals surface area contributed by atoms with E-state index in [9.17, 15) is 9.59 Å². The molecule has 3 N–H and O–H groups in total. The van der Waals surface area contributed by atoms with Crippen LogP contribution in [-0.2, 0) is 4.79 Å². The van der Waals surface area contributed by atoms with Crippen LogP contribution in [0.2, 0.25) is 0 Å². The lowest BCUT2D eigenvalue weighted by Crippen LogP contribution is -2.42. The van der Waals surface area contributed by atoms with Crippen molar-refractivity contribution in [1.29, 1.82) is 0 Å². The van der Waals surface area contributed by atoms with Gasteiger partial charge in [0.15, 0.2) is 0 Å². The molecular weight excluding hydrogens is 354 g/mol. The molecule has 0 saturated carbocycles. The number of aromatic amines is 1. The number of thioether (sulfide) groups is 1. The first kappa shape index (κ1) is 15.7. The van der Waals surface area contributed by atoms with E-state index < -0.39 is 0 Å². The van der Waals surface area contributed by atoms with Gasteiger partial charge in [0.2, 0.25) is 5.91 Å². The first-order chi connectivity index (χ1) is 10.1. The van der Waals surface area contributed by atoms with Crippen LogP contribution >= 0.6 is 27.7 Å². The maximum atomic E-state index is 11.7. The summed E-state index contributed by atoms with van der Waals surface area (Å²) in [6, 6.07) is 9.21. The second kappa shape index (κ2) is 7.33. The Morgan fingerprint density at radius 3 is 2.76 bits per heavy atom. The van der Waals surface area contributed by atoms with Gasteiger partial charge in [-0.25, -0.2) is 0 Å². The highest BCUT2D eigenvalue weighted by atomic mass is 79.9. The lowest BCUT2D eigenvalue weighted by molar-refractivity contribution is -0.119. The molecule has 1 aromatic carbocycles. The SMILES string of the molecule is Cc1cc(Br)ccc1SCC(=O)NNC(=O)c1ccc[nH]1. The highest BCUT2D eigenvalue weighted by Crippen LogP contribution is 2.24. The van der Waals surface area contributed by atoms with Crippen LogP contribution in [0.5, 0.6) is 0 Å². The van der Waals surface area contributed by atoms with Crippen LogP contribution in [0.25, 0.3) is 0 Å². The highest BCUT2D eigenvalue weighted by Gasteiger charge is 2.08.